The standard InChI is InChI=1S/C14H23N3O2S/c1-11-4-3-5-12(7-6-11)17-20(18,19)13-8-9-14(15-2)16-10-13/h8-12,17H,3-7H2,1-2H3,(H,15,16). The maximum atomic E-state index is 12.3. The van der Waals surface area contributed by atoms with E-state index in [1.807, 2.05) is 0 Å². The van der Waals surface area contributed by atoms with Gasteiger partial charge in [-0.25, -0.2) is 18.1 Å². The highest BCUT2D eigenvalue weighted by atomic mass is 32.2. The molecule has 1 saturated carbocycles. The zero-order valence-electron chi connectivity index (χ0n) is 12.1. The Labute approximate surface area is 121 Å². The summed E-state index contributed by atoms with van der Waals surface area (Å²) in [5, 5.41) is 2.87. The molecule has 0 amide bonds. The fourth-order valence-electron chi connectivity index (χ4n) is 2.58. The van der Waals surface area contributed by atoms with E-state index in [4.69, 9.17) is 0 Å². The maximum absolute atomic E-state index is 12.3. The van der Waals surface area contributed by atoms with Crippen molar-refractivity contribution in [3.8, 4) is 0 Å². The first-order chi connectivity index (χ1) is 9.51. The van der Waals surface area contributed by atoms with Crippen LogP contribution in [0.4, 0.5) is 5.82 Å². The number of nitrogens with one attached hydrogen (secondary N) is 2. The highest BCUT2D eigenvalue weighted by Crippen LogP contribution is 2.23. The van der Waals surface area contributed by atoms with E-state index in [0.717, 1.165) is 25.7 Å². The Kier molecular flexibility index (Phi) is 4.99. The van der Waals surface area contributed by atoms with Crippen molar-refractivity contribution in [3.05, 3.63) is 18.3 Å². The van der Waals surface area contributed by atoms with Gasteiger partial charge in [0.15, 0.2) is 0 Å². The van der Waals surface area contributed by atoms with Gasteiger partial charge >= 0.3 is 0 Å². The summed E-state index contributed by atoms with van der Waals surface area (Å²) in [5.41, 5.74) is 0. The summed E-state index contributed by atoms with van der Waals surface area (Å²) < 4.78 is 27.5. The van der Waals surface area contributed by atoms with E-state index in [1.54, 1.807) is 19.2 Å². The van der Waals surface area contributed by atoms with Crippen LogP contribution in [0.25, 0.3) is 0 Å². The SMILES string of the molecule is CNc1ccc(S(=O)(=O)NC2CCCC(C)CC2)cn1. The van der Waals surface area contributed by atoms with Crippen LogP contribution in [0, 0.1) is 5.92 Å². The first-order valence-electron chi connectivity index (χ1n) is 7.17. The molecule has 2 N–H and O–H groups in total. The lowest BCUT2D eigenvalue weighted by atomic mass is 10.0. The molecule has 1 aliphatic carbocycles. The smallest absolute Gasteiger partial charge is 0.242 e. The first kappa shape index (κ1) is 15.3. The van der Waals surface area contributed by atoms with Crippen molar-refractivity contribution in [1.82, 2.24) is 9.71 Å². The lowest BCUT2D eigenvalue weighted by Gasteiger charge is -2.16. The average molecular weight is 297 g/mol. The second kappa shape index (κ2) is 6.54. The van der Waals surface area contributed by atoms with Crippen LogP contribution in [0.3, 0.4) is 0 Å². The Balaban J connectivity index is 2.05. The number of aromatic nitrogens is 1. The number of hydrogen-bond acceptors (Lipinski definition) is 4. The van der Waals surface area contributed by atoms with Gasteiger partial charge in [0.2, 0.25) is 10.0 Å². The first-order valence-corrected chi connectivity index (χ1v) is 8.65. The third-order valence-electron chi connectivity index (χ3n) is 3.88. The molecule has 1 aliphatic rings. The van der Waals surface area contributed by atoms with Crippen LogP contribution in [0.5, 0.6) is 0 Å². The number of pyridine rings is 1. The van der Waals surface area contributed by atoms with E-state index in [0.29, 0.717) is 11.7 Å². The van der Waals surface area contributed by atoms with Gasteiger partial charge in [-0.3, -0.25) is 0 Å². The number of anilines is 1. The highest BCUT2D eigenvalue weighted by molar-refractivity contribution is 7.89. The second-order valence-corrected chi connectivity index (χ2v) is 7.27. The topological polar surface area (TPSA) is 71.1 Å². The maximum Gasteiger partial charge on any atom is 0.242 e. The summed E-state index contributed by atoms with van der Waals surface area (Å²) in [5.74, 6) is 1.35. The quantitative estimate of drug-likeness (QED) is 0.837. The van der Waals surface area contributed by atoms with Gasteiger partial charge in [-0.2, -0.15) is 0 Å². The van der Waals surface area contributed by atoms with Gasteiger partial charge in [0, 0.05) is 19.3 Å². The monoisotopic (exact) mass is 297 g/mol. The summed E-state index contributed by atoms with van der Waals surface area (Å²) in [6.07, 6.45) is 6.60. The zero-order chi connectivity index (χ0) is 14.6. The minimum atomic E-state index is -3.46. The van der Waals surface area contributed by atoms with Crippen LogP contribution in [-0.4, -0.2) is 26.5 Å². The molecule has 5 nitrogen and oxygen atoms in total. The van der Waals surface area contributed by atoms with Crippen molar-refractivity contribution in [2.75, 3.05) is 12.4 Å². The lowest BCUT2D eigenvalue weighted by Crippen LogP contribution is -2.34. The minimum absolute atomic E-state index is 0.0499. The van der Waals surface area contributed by atoms with E-state index in [1.165, 1.54) is 12.6 Å². The molecule has 2 unspecified atom stereocenters. The second-order valence-electron chi connectivity index (χ2n) is 5.56. The van der Waals surface area contributed by atoms with Gasteiger partial charge in [0.05, 0.1) is 0 Å². The van der Waals surface area contributed by atoms with Crippen LogP contribution >= 0.6 is 0 Å². The summed E-state index contributed by atoms with van der Waals surface area (Å²) in [6, 6.07) is 3.30. The molecule has 0 radical (unpaired) electrons. The Hall–Kier alpha value is -1.14. The molecule has 2 rings (SSSR count). The van der Waals surface area contributed by atoms with E-state index in [-0.39, 0.29) is 10.9 Å². The Bertz CT molecular complexity index is 528. The molecule has 1 heterocycles. The molecule has 2 atom stereocenters. The van der Waals surface area contributed by atoms with E-state index >= 15 is 0 Å². The average Bonchev–Trinajstić information content (AvgIpc) is 2.63. The minimum Gasteiger partial charge on any atom is -0.373 e. The molecule has 6 heteroatoms. The van der Waals surface area contributed by atoms with Gasteiger partial charge in [0.1, 0.15) is 10.7 Å². The fourth-order valence-corrected chi connectivity index (χ4v) is 3.83. The van der Waals surface area contributed by atoms with Crippen LogP contribution in [0.1, 0.15) is 39.0 Å². The lowest BCUT2D eigenvalue weighted by molar-refractivity contribution is 0.484. The predicted octanol–water partition coefficient (Wildman–Crippen LogP) is 2.37. The summed E-state index contributed by atoms with van der Waals surface area (Å²) >= 11 is 0. The highest BCUT2D eigenvalue weighted by Gasteiger charge is 2.22. The van der Waals surface area contributed by atoms with Crippen LogP contribution in [0.2, 0.25) is 0 Å². The molecule has 1 aromatic rings. The van der Waals surface area contributed by atoms with Crippen molar-refractivity contribution < 1.29 is 8.42 Å². The molecule has 20 heavy (non-hydrogen) atoms. The van der Waals surface area contributed by atoms with Gasteiger partial charge in [0.25, 0.3) is 0 Å². The van der Waals surface area contributed by atoms with Gasteiger partial charge in [-0.1, -0.05) is 19.8 Å². The van der Waals surface area contributed by atoms with Crippen molar-refractivity contribution in [2.24, 2.45) is 5.92 Å². The Morgan fingerprint density at radius 2 is 2.00 bits per heavy atom. The van der Waals surface area contributed by atoms with Gasteiger partial charge in [-0.05, 0) is 37.3 Å². The van der Waals surface area contributed by atoms with Crippen LogP contribution in [0.15, 0.2) is 23.2 Å². The number of rotatable bonds is 4. The summed E-state index contributed by atoms with van der Waals surface area (Å²) in [4.78, 5) is 4.29. The van der Waals surface area contributed by atoms with E-state index < -0.39 is 10.0 Å². The molecular formula is C14H23N3O2S. The predicted molar refractivity (Wildman–Crippen MR) is 80.1 cm³/mol. The van der Waals surface area contributed by atoms with Crippen molar-refractivity contribution in [1.29, 1.82) is 0 Å². The van der Waals surface area contributed by atoms with E-state index in [9.17, 15) is 8.42 Å². The summed E-state index contributed by atoms with van der Waals surface area (Å²) in [6.45, 7) is 2.23. The van der Waals surface area contributed by atoms with Crippen LogP contribution in [-0.2, 0) is 10.0 Å². The largest absolute Gasteiger partial charge is 0.373 e. The Morgan fingerprint density at radius 1 is 1.20 bits per heavy atom. The molecule has 0 aliphatic heterocycles. The molecule has 0 saturated heterocycles. The number of hydrogen-bond donors (Lipinski definition) is 2. The van der Waals surface area contributed by atoms with Gasteiger partial charge in [-0.15, -0.1) is 0 Å². The molecule has 112 valence electrons. The third kappa shape index (κ3) is 3.93. The molecular weight excluding hydrogens is 274 g/mol. The molecule has 1 aromatic heterocycles. The molecule has 1 fully saturated rings. The Morgan fingerprint density at radius 3 is 2.65 bits per heavy atom. The van der Waals surface area contributed by atoms with Crippen molar-refractivity contribution >= 4 is 15.8 Å². The van der Waals surface area contributed by atoms with Crippen molar-refractivity contribution in [3.63, 3.8) is 0 Å². The van der Waals surface area contributed by atoms with Crippen molar-refractivity contribution in [2.45, 2.75) is 50.0 Å². The zero-order valence-corrected chi connectivity index (χ0v) is 12.9. The third-order valence-corrected chi connectivity index (χ3v) is 5.39. The van der Waals surface area contributed by atoms with Crippen LogP contribution < -0.4 is 10.0 Å². The molecule has 0 aromatic carbocycles. The fraction of sp³-hybridized carbons (Fsp3) is 0.643. The molecule has 0 bridgehead atoms. The molecule has 0 spiro atoms. The number of sulfonamides is 1. The normalized spacial score (nSPS) is 24.1. The number of nitrogens with zero attached hydrogens (tertiary/aromatic N) is 1. The van der Waals surface area contributed by atoms with Gasteiger partial charge < -0.3 is 5.32 Å². The summed E-state index contributed by atoms with van der Waals surface area (Å²) in [7, 11) is -1.71. The van der Waals surface area contributed by atoms with E-state index in [2.05, 4.69) is 21.9 Å².